The fraction of sp³-hybridized carbons (Fsp3) is 0.875. The van der Waals surface area contributed by atoms with Crippen LogP contribution in [0.15, 0.2) is 0 Å². The molecule has 0 N–H and O–H groups in total. The molecule has 0 aromatic heterocycles. The molecule has 0 amide bonds. The van der Waals surface area contributed by atoms with Gasteiger partial charge in [-0.2, -0.15) is 0 Å². The summed E-state index contributed by atoms with van der Waals surface area (Å²) >= 11 is 11.9. The summed E-state index contributed by atoms with van der Waals surface area (Å²) in [6, 6.07) is 0. The Morgan fingerprint density at radius 1 is 0.864 bits per heavy atom. The van der Waals surface area contributed by atoms with Gasteiger partial charge < -0.3 is 9.47 Å². The zero-order valence-corrected chi connectivity index (χ0v) is 14.9. The molecule has 1 saturated carbocycles. The Bertz CT molecular complexity index is 320. The molecular formula is C16H26Cl2O4. The fourth-order valence-electron chi connectivity index (χ4n) is 2.49. The highest BCUT2D eigenvalue weighted by Gasteiger charge is 2.29. The van der Waals surface area contributed by atoms with Crippen molar-refractivity contribution in [3.63, 3.8) is 0 Å². The summed E-state index contributed by atoms with van der Waals surface area (Å²) in [5.41, 5.74) is 0. The van der Waals surface area contributed by atoms with Crippen LogP contribution in [0.1, 0.15) is 65.2 Å². The number of hydrogen-bond donors (Lipinski definition) is 0. The average molecular weight is 353 g/mol. The van der Waals surface area contributed by atoms with Gasteiger partial charge in [-0.05, 0) is 38.5 Å². The highest BCUT2D eigenvalue weighted by atomic mass is 35.5. The van der Waals surface area contributed by atoms with E-state index in [-0.39, 0.29) is 24.1 Å². The van der Waals surface area contributed by atoms with Crippen molar-refractivity contribution in [3.8, 4) is 0 Å². The van der Waals surface area contributed by atoms with E-state index >= 15 is 0 Å². The van der Waals surface area contributed by atoms with Gasteiger partial charge in [-0.25, -0.2) is 0 Å². The molecule has 1 fully saturated rings. The Morgan fingerprint density at radius 2 is 1.18 bits per heavy atom. The lowest BCUT2D eigenvalue weighted by Gasteiger charge is -2.29. The second kappa shape index (κ2) is 10.3. The Morgan fingerprint density at radius 3 is 1.45 bits per heavy atom. The molecular weight excluding hydrogens is 327 g/mol. The molecule has 1 aliphatic carbocycles. The van der Waals surface area contributed by atoms with Gasteiger partial charge in [0.2, 0.25) is 0 Å². The minimum absolute atomic E-state index is 0.122. The molecule has 4 nitrogen and oxygen atoms in total. The van der Waals surface area contributed by atoms with E-state index in [0.29, 0.717) is 38.5 Å². The zero-order chi connectivity index (χ0) is 16.5. The van der Waals surface area contributed by atoms with E-state index < -0.39 is 10.8 Å². The number of esters is 2. The Hall–Kier alpha value is -0.480. The lowest BCUT2D eigenvalue weighted by Crippen LogP contribution is -2.33. The van der Waals surface area contributed by atoms with E-state index in [1.165, 1.54) is 0 Å². The third-order valence-corrected chi connectivity index (χ3v) is 4.58. The van der Waals surface area contributed by atoms with E-state index in [1.54, 1.807) is 0 Å². The van der Waals surface area contributed by atoms with Crippen molar-refractivity contribution in [3.05, 3.63) is 0 Å². The smallest absolute Gasteiger partial charge is 0.324 e. The first-order valence-corrected chi connectivity index (χ1v) is 9.04. The van der Waals surface area contributed by atoms with Crippen LogP contribution in [0, 0.1) is 0 Å². The number of carbonyl (C=O) groups excluding carboxylic acids is 2. The van der Waals surface area contributed by atoms with E-state index in [1.807, 2.05) is 13.8 Å². The van der Waals surface area contributed by atoms with Gasteiger partial charge in [0.25, 0.3) is 0 Å². The topological polar surface area (TPSA) is 52.6 Å². The molecule has 22 heavy (non-hydrogen) atoms. The van der Waals surface area contributed by atoms with Crippen LogP contribution in [-0.2, 0) is 19.1 Å². The number of ether oxygens (including phenoxy) is 2. The van der Waals surface area contributed by atoms with Gasteiger partial charge in [-0.3, -0.25) is 9.59 Å². The van der Waals surface area contributed by atoms with Gasteiger partial charge in [0.15, 0.2) is 0 Å². The molecule has 2 atom stereocenters. The van der Waals surface area contributed by atoms with Gasteiger partial charge in [0, 0.05) is 0 Å². The van der Waals surface area contributed by atoms with E-state index in [9.17, 15) is 9.59 Å². The van der Waals surface area contributed by atoms with Crippen LogP contribution >= 0.6 is 23.2 Å². The van der Waals surface area contributed by atoms with Gasteiger partial charge in [0.05, 0.1) is 0 Å². The van der Waals surface area contributed by atoms with E-state index in [4.69, 9.17) is 32.7 Å². The van der Waals surface area contributed by atoms with Crippen molar-refractivity contribution in [2.45, 2.75) is 88.2 Å². The predicted molar refractivity (Wildman–Crippen MR) is 87.3 cm³/mol. The number of carbonyl (C=O) groups is 2. The Labute approximate surface area is 142 Å². The van der Waals surface area contributed by atoms with Crippen LogP contribution in [0.25, 0.3) is 0 Å². The number of alkyl halides is 2. The van der Waals surface area contributed by atoms with Crippen LogP contribution in [0.5, 0.6) is 0 Å². The summed E-state index contributed by atoms with van der Waals surface area (Å²) in [5.74, 6) is -0.680. The summed E-state index contributed by atoms with van der Waals surface area (Å²) in [4.78, 5) is 23.5. The van der Waals surface area contributed by atoms with E-state index in [0.717, 1.165) is 12.8 Å². The normalized spacial score (nSPS) is 24.4. The molecule has 0 saturated heterocycles. The second-order valence-corrected chi connectivity index (χ2v) is 6.84. The van der Waals surface area contributed by atoms with Crippen LogP contribution in [0.4, 0.5) is 0 Å². The van der Waals surface area contributed by atoms with Crippen LogP contribution < -0.4 is 0 Å². The Kier molecular flexibility index (Phi) is 9.18. The number of halogens is 2. The molecule has 0 aromatic rings. The minimum atomic E-state index is -0.563. The summed E-state index contributed by atoms with van der Waals surface area (Å²) < 4.78 is 10.8. The molecule has 0 aromatic carbocycles. The minimum Gasteiger partial charge on any atom is -0.461 e. The number of hydrogen-bond acceptors (Lipinski definition) is 4. The first-order chi connectivity index (χ1) is 10.5. The molecule has 0 bridgehead atoms. The van der Waals surface area contributed by atoms with E-state index in [2.05, 4.69) is 0 Å². The second-order valence-electron chi connectivity index (χ2n) is 5.78. The maximum absolute atomic E-state index is 11.8. The number of rotatable bonds is 8. The molecule has 0 aliphatic heterocycles. The largest absolute Gasteiger partial charge is 0.461 e. The molecule has 0 spiro atoms. The van der Waals surface area contributed by atoms with Gasteiger partial charge >= 0.3 is 11.9 Å². The van der Waals surface area contributed by atoms with Crippen LogP contribution in [0.2, 0.25) is 0 Å². The molecule has 2 unspecified atom stereocenters. The van der Waals surface area contributed by atoms with Crippen LogP contribution in [0.3, 0.4) is 0 Å². The van der Waals surface area contributed by atoms with Crippen molar-refractivity contribution < 1.29 is 19.1 Å². The maximum Gasteiger partial charge on any atom is 0.324 e. The standard InChI is InChI=1S/C16H26Cl2O4/c1-3-5-13(17)15(19)21-11-7-9-12(10-8-11)22-16(20)14(18)6-4-2/h11-14H,3-10H2,1-2H3. The monoisotopic (exact) mass is 352 g/mol. The third kappa shape index (κ3) is 6.74. The van der Waals surface area contributed by atoms with Crippen molar-refractivity contribution >= 4 is 35.1 Å². The highest BCUT2D eigenvalue weighted by molar-refractivity contribution is 6.30. The fourth-order valence-corrected chi connectivity index (χ4v) is 3.03. The molecule has 0 radical (unpaired) electrons. The van der Waals surface area contributed by atoms with Crippen molar-refractivity contribution in [1.29, 1.82) is 0 Å². The molecule has 0 heterocycles. The molecule has 1 aliphatic rings. The zero-order valence-electron chi connectivity index (χ0n) is 13.4. The third-order valence-electron chi connectivity index (χ3n) is 3.78. The molecule has 1 rings (SSSR count). The van der Waals surface area contributed by atoms with Crippen LogP contribution in [-0.4, -0.2) is 34.9 Å². The lowest BCUT2D eigenvalue weighted by atomic mass is 9.95. The first-order valence-electron chi connectivity index (χ1n) is 8.17. The summed E-state index contributed by atoms with van der Waals surface area (Å²) in [6.07, 6.45) is 5.49. The van der Waals surface area contributed by atoms with Crippen molar-refractivity contribution in [1.82, 2.24) is 0 Å². The predicted octanol–water partition coefficient (Wildman–Crippen LogP) is 4.20. The van der Waals surface area contributed by atoms with Gasteiger partial charge in [-0.15, -0.1) is 23.2 Å². The quantitative estimate of drug-likeness (QED) is 0.485. The van der Waals surface area contributed by atoms with Gasteiger partial charge in [-0.1, -0.05) is 26.7 Å². The molecule has 6 heteroatoms. The lowest BCUT2D eigenvalue weighted by molar-refractivity contribution is -0.157. The summed E-state index contributed by atoms with van der Waals surface area (Å²) in [7, 11) is 0. The highest BCUT2D eigenvalue weighted by Crippen LogP contribution is 2.25. The first kappa shape index (κ1) is 19.6. The Balaban J connectivity index is 2.28. The summed E-state index contributed by atoms with van der Waals surface area (Å²) in [6.45, 7) is 3.95. The van der Waals surface area contributed by atoms with Crippen molar-refractivity contribution in [2.75, 3.05) is 0 Å². The molecule has 128 valence electrons. The van der Waals surface area contributed by atoms with Crippen molar-refractivity contribution in [2.24, 2.45) is 0 Å². The maximum atomic E-state index is 11.8. The SMILES string of the molecule is CCCC(Cl)C(=O)OC1CCC(OC(=O)C(Cl)CCC)CC1. The average Bonchev–Trinajstić information content (AvgIpc) is 2.49. The summed E-state index contributed by atoms with van der Waals surface area (Å²) in [5, 5.41) is -1.13. The van der Waals surface area contributed by atoms with Gasteiger partial charge in [0.1, 0.15) is 23.0 Å².